The molecule has 0 aliphatic carbocycles. The number of aromatic nitrogens is 1. The molecule has 1 heterocycles. The van der Waals surface area contributed by atoms with Crippen molar-refractivity contribution in [3.63, 3.8) is 0 Å². The fourth-order valence-corrected chi connectivity index (χ4v) is 1.88. The Bertz CT molecular complexity index is 546. The zero-order valence-electron chi connectivity index (χ0n) is 10.9. The molecule has 18 heavy (non-hydrogen) atoms. The normalized spacial score (nSPS) is 10.7. The van der Waals surface area contributed by atoms with Gasteiger partial charge in [-0.05, 0) is 44.0 Å². The van der Waals surface area contributed by atoms with Crippen molar-refractivity contribution in [1.29, 1.82) is 0 Å². The van der Waals surface area contributed by atoms with Crippen LogP contribution in [0.4, 0.5) is 0 Å². The van der Waals surface area contributed by atoms with Gasteiger partial charge in [0, 0.05) is 11.6 Å². The molecule has 0 radical (unpaired) electrons. The van der Waals surface area contributed by atoms with Gasteiger partial charge >= 0.3 is 0 Å². The average molecular weight is 247 g/mol. The molecule has 0 amide bonds. The van der Waals surface area contributed by atoms with Gasteiger partial charge in [-0.1, -0.05) is 5.16 Å². The van der Waals surface area contributed by atoms with Crippen molar-refractivity contribution in [2.75, 3.05) is 6.61 Å². The molecule has 2 aromatic rings. The third-order valence-corrected chi connectivity index (χ3v) is 2.81. The maximum atomic E-state index is 8.99. The van der Waals surface area contributed by atoms with E-state index in [1.165, 1.54) is 0 Å². The monoisotopic (exact) mass is 247 g/mol. The summed E-state index contributed by atoms with van der Waals surface area (Å²) < 4.78 is 10.8. The zero-order valence-corrected chi connectivity index (χ0v) is 10.9. The molecule has 96 valence electrons. The van der Waals surface area contributed by atoms with E-state index in [-0.39, 0.29) is 6.61 Å². The summed E-state index contributed by atoms with van der Waals surface area (Å²) in [6, 6.07) is 5.76. The van der Waals surface area contributed by atoms with Gasteiger partial charge in [0.15, 0.2) is 5.76 Å². The van der Waals surface area contributed by atoms with Crippen LogP contribution in [0, 0.1) is 13.8 Å². The van der Waals surface area contributed by atoms with E-state index < -0.39 is 0 Å². The largest absolute Gasteiger partial charge is 0.494 e. The number of aliphatic hydroxyl groups excluding tert-OH is 1. The molecule has 0 spiro atoms. The number of hydrogen-bond acceptors (Lipinski definition) is 4. The standard InChI is InChI=1S/C14H17NO3/c1-4-17-13-6-9(2)12(5-10(13)3)14-7-11(8-16)15-18-14/h5-7,16H,4,8H2,1-3H3. The van der Waals surface area contributed by atoms with Crippen LogP contribution in [0.3, 0.4) is 0 Å². The van der Waals surface area contributed by atoms with E-state index in [9.17, 15) is 0 Å². The minimum absolute atomic E-state index is 0.113. The minimum atomic E-state index is -0.113. The molecular formula is C14H17NO3. The average Bonchev–Trinajstić information content (AvgIpc) is 2.82. The summed E-state index contributed by atoms with van der Waals surface area (Å²) in [5.74, 6) is 1.56. The van der Waals surface area contributed by atoms with Gasteiger partial charge in [-0.15, -0.1) is 0 Å². The summed E-state index contributed by atoms with van der Waals surface area (Å²) in [4.78, 5) is 0. The number of rotatable bonds is 4. The Labute approximate surface area is 106 Å². The number of aliphatic hydroxyl groups is 1. The first kappa shape index (κ1) is 12.6. The van der Waals surface area contributed by atoms with Crippen molar-refractivity contribution in [2.45, 2.75) is 27.4 Å². The predicted octanol–water partition coefficient (Wildman–Crippen LogP) is 2.85. The highest BCUT2D eigenvalue weighted by Crippen LogP contribution is 2.30. The number of nitrogens with zero attached hydrogens (tertiary/aromatic N) is 1. The first-order valence-corrected chi connectivity index (χ1v) is 5.96. The van der Waals surface area contributed by atoms with Crippen LogP contribution in [0.2, 0.25) is 0 Å². The molecule has 0 fully saturated rings. The fourth-order valence-electron chi connectivity index (χ4n) is 1.88. The highest BCUT2D eigenvalue weighted by atomic mass is 16.5. The smallest absolute Gasteiger partial charge is 0.167 e. The summed E-state index contributed by atoms with van der Waals surface area (Å²) >= 11 is 0. The van der Waals surface area contributed by atoms with Gasteiger partial charge in [0.05, 0.1) is 13.2 Å². The van der Waals surface area contributed by atoms with Gasteiger partial charge < -0.3 is 14.4 Å². The highest BCUT2D eigenvalue weighted by Gasteiger charge is 2.11. The van der Waals surface area contributed by atoms with E-state index in [0.717, 1.165) is 22.4 Å². The second kappa shape index (κ2) is 5.23. The van der Waals surface area contributed by atoms with Gasteiger partial charge in [0.2, 0.25) is 0 Å². The maximum Gasteiger partial charge on any atom is 0.167 e. The third-order valence-electron chi connectivity index (χ3n) is 2.81. The van der Waals surface area contributed by atoms with Gasteiger partial charge in [0.25, 0.3) is 0 Å². The van der Waals surface area contributed by atoms with E-state index >= 15 is 0 Å². The van der Waals surface area contributed by atoms with Crippen LogP contribution in [-0.4, -0.2) is 16.9 Å². The van der Waals surface area contributed by atoms with E-state index in [0.29, 0.717) is 18.1 Å². The second-order valence-electron chi connectivity index (χ2n) is 4.21. The molecule has 0 bridgehead atoms. The molecule has 0 aliphatic rings. The lowest BCUT2D eigenvalue weighted by Gasteiger charge is -2.10. The number of hydrogen-bond donors (Lipinski definition) is 1. The predicted molar refractivity (Wildman–Crippen MR) is 68.5 cm³/mol. The Kier molecular flexibility index (Phi) is 3.67. The Balaban J connectivity index is 2.42. The molecule has 4 nitrogen and oxygen atoms in total. The highest BCUT2D eigenvalue weighted by molar-refractivity contribution is 5.65. The van der Waals surface area contributed by atoms with E-state index in [4.69, 9.17) is 14.4 Å². The van der Waals surface area contributed by atoms with E-state index in [1.54, 1.807) is 6.07 Å². The lowest BCUT2D eigenvalue weighted by Crippen LogP contribution is -1.95. The zero-order chi connectivity index (χ0) is 13.1. The topological polar surface area (TPSA) is 55.5 Å². The SMILES string of the molecule is CCOc1cc(C)c(-c2cc(CO)no2)cc1C. The Hall–Kier alpha value is -1.81. The fraction of sp³-hybridized carbons (Fsp3) is 0.357. The van der Waals surface area contributed by atoms with Crippen LogP contribution < -0.4 is 4.74 Å². The van der Waals surface area contributed by atoms with E-state index in [2.05, 4.69) is 5.16 Å². The van der Waals surface area contributed by atoms with Crippen LogP contribution >= 0.6 is 0 Å². The molecule has 0 unspecified atom stereocenters. The molecule has 0 atom stereocenters. The van der Waals surface area contributed by atoms with Crippen molar-refractivity contribution in [3.05, 3.63) is 35.0 Å². The van der Waals surface area contributed by atoms with Crippen molar-refractivity contribution in [2.24, 2.45) is 0 Å². The Morgan fingerprint density at radius 1 is 1.22 bits per heavy atom. The lowest BCUT2D eigenvalue weighted by atomic mass is 10.0. The van der Waals surface area contributed by atoms with Crippen LogP contribution in [0.15, 0.2) is 22.7 Å². The third kappa shape index (κ3) is 2.38. The molecule has 0 saturated heterocycles. The maximum absolute atomic E-state index is 8.99. The summed E-state index contributed by atoms with van der Waals surface area (Å²) in [5, 5.41) is 12.8. The molecule has 0 saturated carbocycles. The number of ether oxygens (including phenoxy) is 1. The molecule has 0 aliphatic heterocycles. The molecular weight excluding hydrogens is 230 g/mol. The first-order chi connectivity index (χ1) is 8.65. The van der Waals surface area contributed by atoms with Crippen molar-refractivity contribution < 1.29 is 14.4 Å². The summed E-state index contributed by atoms with van der Waals surface area (Å²) in [6.45, 7) is 6.50. The Morgan fingerprint density at radius 3 is 2.61 bits per heavy atom. The first-order valence-electron chi connectivity index (χ1n) is 5.96. The van der Waals surface area contributed by atoms with Crippen LogP contribution in [0.5, 0.6) is 5.75 Å². The van der Waals surface area contributed by atoms with Crippen LogP contribution in [0.25, 0.3) is 11.3 Å². The van der Waals surface area contributed by atoms with Crippen molar-refractivity contribution in [3.8, 4) is 17.1 Å². The second-order valence-corrected chi connectivity index (χ2v) is 4.21. The van der Waals surface area contributed by atoms with Gasteiger partial charge in [0.1, 0.15) is 11.4 Å². The lowest BCUT2D eigenvalue weighted by molar-refractivity contribution is 0.267. The molecule has 2 rings (SSSR count). The van der Waals surface area contributed by atoms with Crippen LogP contribution in [0.1, 0.15) is 23.7 Å². The quantitative estimate of drug-likeness (QED) is 0.902. The Morgan fingerprint density at radius 2 is 2.00 bits per heavy atom. The van der Waals surface area contributed by atoms with Gasteiger partial charge in [-0.25, -0.2) is 0 Å². The number of benzene rings is 1. The summed E-state index contributed by atoms with van der Waals surface area (Å²) in [5.41, 5.74) is 3.63. The van der Waals surface area contributed by atoms with Crippen molar-refractivity contribution >= 4 is 0 Å². The minimum Gasteiger partial charge on any atom is -0.494 e. The van der Waals surface area contributed by atoms with Crippen LogP contribution in [-0.2, 0) is 6.61 Å². The molecule has 4 heteroatoms. The molecule has 1 N–H and O–H groups in total. The summed E-state index contributed by atoms with van der Waals surface area (Å²) in [6.07, 6.45) is 0. The van der Waals surface area contributed by atoms with Crippen molar-refractivity contribution in [1.82, 2.24) is 5.16 Å². The van der Waals surface area contributed by atoms with E-state index in [1.807, 2.05) is 32.9 Å². The van der Waals surface area contributed by atoms with Gasteiger partial charge in [-0.2, -0.15) is 0 Å². The molecule has 1 aromatic heterocycles. The summed E-state index contributed by atoms with van der Waals surface area (Å²) in [7, 11) is 0. The van der Waals surface area contributed by atoms with Gasteiger partial charge in [-0.3, -0.25) is 0 Å². The number of aryl methyl sites for hydroxylation is 2. The molecule has 1 aromatic carbocycles.